The van der Waals surface area contributed by atoms with Crippen molar-refractivity contribution in [3.63, 3.8) is 0 Å². The van der Waals surface area contributed by atoms with Gasteiger partial charge in [0.1, 0.15) is 5.78 Å². The molecular formula is C21H34O4. The first-order chi connectivity index (χ1) is 11.8. The van der Waals surface area contributed by atoms with Crippen LogP contribution >= 0.6 is 0 Å². The van der Waals surface area contributed by atoms with E-state index in [0.717, 1.165) is 44.9 Å². The Labute approximate surface area is 151 Å². The van der Waals surface area contributed by atoms with E-state index in [1.807, 2.05) is 0 Å². The van der Waals surface area contributed by atoms with E-state index in [1.54, 1.807) is 0 Å². The maximum Gasteiger partial charge on any atom is 0.137 e. The second-order valence-electron chi connectivity index (χ2n) is 10.0. The number of fused-ring (bicyclic) bond motifs is 5. The van der Waals surface area contributed by atoms with Crippen LogP contribution in [0, 0.1) is 40.4 Å². The Morgan fingerprint density at radius 2 is 1.88 bits per heavy atom. The van der Waals surface area contributed by atoms with E-state index in [2.05, 4.69) is 13.8 Å². The number of rotatable bonds is 2. The first-order valence-electron chi connectivity index (χ1n) is 10.3. The Morgan fingerprint density at radius 3 is 2.60 bits per heavy atom. The molecule has 0 radical (unpaired) electrons. The zero-order chi connectivity index (χ0) is 18.0. The van der Waals surface area contributed by atoms with E-state index in [0.29, 0.717) is 30.0 Å². The fraction of sp³-hybridized carbons (Fsp3) is 0.952. The van der Waals surface area contributed by atoms with Crippen molar-refractivity contribution >= 4 is 5.78 Å². The van der Waals surface area contributed by atoms with Gasteiger partial charge >= 0.3 is 0 Å². The zero-order valence-corrected chi connectivity index (χ0v) is 15.7. The predicted octanol–water partition coefficient (Wildman–Crippen LogP) is 2.54. The Balaban J connectivity index is 1.65. The van der Waals surface area contributed by atoms with Crippen molar-refractivity contribution in [2.24, 2.45) is 40.4 Å². The molecule has 4 rings (SSSR count). The third kappa shape index (κ3) is 2.47. The maximum absolute atomic E-state index is 13.4. The van der Waals surface area contributed by atoms with Crippen molar-refractivity contribution in [3.8, 4) is 0 Å². The van der Waals surface area contributed by atoms with E-state index < -0.39 is 6.10 Å². The summed E-state index contributed by atoms with van der Waals surface area (Å²) in [6, 6.07) is 0. The van der Waals surface area contributed by atoms with Gasteiger partial charge in [-0.25, -0.2) is 0 Å². The summed E-state index contributed by atoms with van der Waals surface area (Å²) >= 11 is 0. The molecule has 4 heteroatoms. The molecule has 0 amide bonds. The molecule has 9 atom stereocenters. The largest absolute Gasteiger partial charge is 0.394 e. The van der Waals surface area contributed by atoms with Crippen LogP contribution in [-0.4, -0.2) is 39.9 Å². The van der Waals surface area contributed by atoms with Crippen LogP contribution < -0.4 is 0 Å². The third-order valence-corrected chi connectivity index (χ3v) is 9.05. The lowest BCUT2D eigenvalue weighted by Crippen LogP contribution is -2.58. The normalized spacial score (nSPS) is 53.7. The molecule has 0 aromatic heterocycles. The fourth-order valence-corrected chi connectivity index (χ4v) is 7.85. The molecule has 0 spiro atoms. The van der Waals surface area contributed by atoms with Crippen LogP contribution in [0.4, 0.5) is 0 Å². The predicted molar refractivity (Wildman–Crippen MR) is 94.7 cm³/mol. The lowest BCUT2D eigenvalue weighted by molar-refractivity contribution is -0.164. The summed E-state index contributed by atoms with van der Waals surface area (Å²) in [5, 5.41) is 29.9. The van der Waals surface area contributed by atoms with Gasteiger partial charge in [-0.1, -0.05) is 13.8 Å². The van der Waals surface area contributed by atoms with E-state index in [9.17, 15) is 20.1 Å². The monoisotopic (exact) mass is 350 g/mol. The Hall–Kier alpha value is -0.450. The van der Waals surface area contributed by atoms with E-state index >= 15 is 0 Å². The van der Waals surface area contributed by atoms with Gasteiger partial charge in [0.05, 0.1) is 18.8 Å². The third-order valence-electron chi connectivity index (χ3n) is 9.05. The second-order valence-corrected chi connectivity index (χ2v) is 10.0. The van der Waals surface area contributed by atoms with Gasteiger partial charge in [-0.2, -0.15) is 0 Å². The molecule has 0 bridgehead atoms. The van der Waals surface area contributed by atoms with Crippen LogP contribution in [0.25, 0.3) is 0 Å². The Morgan fingerprint density at radius 1 is 1.12 bits per heavy atom. The SMILES string of the molecule is C[C@]12CC(=O)[C@H]3[C@@H](CC[C@@H]4C[C@H](O)CC[C@@]43C)[C@@H]1CC[C@H]2[C@@H](O)CO. The summed E-state index contributed by atoms with van der Waals surface area (Å²) in [5.41, 5.74) is -0.105. The topological polar surface area (TPSA) is 77.8 Å². The van der Waals surface area contributed by atoms with Crippen molar-refractivity contribution in [1.29, 1.82) is 0 Å². The summed E-state index contributed by atoms with van der Waals surface area (Å²) < 4.78 is 0. The van der Waals surface area contributed by atoms with Gasteiger partial charge in [0.15, 0.2) is 0 Å². The Bertz CT molecular complexity index is 548. The van der Waals surface area contributed by atoms with Crippen molar-refractivity contribution < 1.29 is 20.1 Å². The summed E-state index contributed by atoms with van der Waals surface area (Å²) in [5.74, 6) is 1.98. The Kier molecular flexibility index (Phi) is 4.33. The van der Waals surface area contributed by atoms with Crippen LogP contribution in [0.15, 0.2) is 0 Å². The van der Waals surface area contributed by atoms with Crippen LogP contribution in [0.5, 0.6) is 0 Å². The van der Waals surface area contributed by atoms with Gasteiger partial charge in [-0.3, -0.25) is 4.79 Å². The molecule has 4 aliphatic rings. The average molecular weight is 350 g/mol. The highest BCUT2D eigenvalue weighted by Gasteiger charge is 2.63. The minimum Gasteiger partial charge on any atom is -0.394 e. The van der Waals surface area contributed by atoms with Gasteiger partial charge < -0.3 is 15.3 Å². The summed E-state index contributed by atoms with van der Waals surface area (Å²) in [4.78, 5) is 13.4. The molecular weight excluding hydrogens is 316 g/mol. The van der Waals surface area contributed by atoms with E-state index in [-0.39, 0.29) is 35.4 Å². The van der Waals surface area contributed by atoms with E-state index in [1.165, 1.54) is 0 Å². The molecule has 0 aromatic carbocycles. The van der Waals surface area contributed by atoms with Crippen molar-refractivity contribution in [3.05, 3.63) is 0 Å². The summed E-state index contributed by atoms with van der Waals surface area (Å²) in [7, 11) is 0. The molecule has 4 aliphatic carbocycles. The van der Waals surface area contributed by atoms with Crippen molar-refractivity contribution in [1.82, 2.24) is 0 Å². The van der Waals surface area contributed by atoms with Crippen LogP contribution in [-0.2, 0) is 4.79 Å². The molecule has 3 N–H and O–H groups in total. The number of carbonyl (C=O) groups excluding carboxylic acids is 1. The number of hydrogen-bond acceptors (Lipinski definition) is 4. The molecule has 0 saturated heterocycles. The molecule has 0 heterocycles. The number of ketones is 1. The highest BCUT2D eigenvalue weighted by atomic mass is 16.3. The number of aliphatic hydroxyl groups excluding tert-OH is 3. The first-order valence-corrected chi connectivity index (χ1v) is 10.3. The van der Waals surface area contributed by atoms with Crippen LogP contribution in [0.2, 0.25) is 0 Å². The smallest absolute Gasteiger partial charge is 0.137 e. The van der Waals surface area contributed by atoms with E-state index in [4.69, 9.17) is 0 Å². The number of hydrogen-bond donors (Lipinski definition) is 3. The quantitative estimate of drug-likeness (QED) is 0.715. The summed E-state index contributed by atoms with van der Waals surface area (Å²) in [6.07, 6.45) is 6.56. The highest BCUT2D eigenvalue weighted by Crippen LogP contribution is 2.66. The van der Waals surface area contributed by atoms with Gasteiger partial charge in [-0.05, 0) is 79.4 Å². The average Bonchev–Trinajstić information content (AvgIpc) is 2.91. The standard InChI is InChI=1S/C21H34O4/c1-20-8-7-13(23)9-12(20)3-4-14-15-5-6-16(18(25)11-22)21(15,2)10-17(24)19(14)20/h12-16,18-19,22-23,25H,3-11H2,1-2H3/t12-,13-,14+,15+,16+,18+,19-,20+,21+/m1/s1. The minimum atomic E-state index is -0.698. The zero-order valence-electron chi connectivity index (χ0n) is 15.7. The molecule has 0 aliphatic heterocycles. The minimum absolute atomic E-state index is 0.0473. The molecule has 4 nitrogen and oxygen atoms in total. The van der Waals surface area contributed by atoms with Gasteiger partial charge in [-0.15, -0.1) is 0 Å². The number of Topliss-reactive ketones (excluding diaryl/α,β-unsaturated/α-hetero) is 1. The van der Waals surface area contributed by atoms with Crippen LogP contribution in [0.1, 0.15) is 65.2 Å². The maximum atomic E-state index is 13.4. The molecule has 0 unspecified atom stereocenters. The van der Waals surface area contributed by atoms with Crippen molar-refractivity contribution in [2.45, 2.75) is 77.4 Å². The second kappa shape index (κ2) is 6.03. The lowest BCUT2D eigenvalue weighted by Gasteiger charge is -2.60. The molecule has 25 heavy (non-hydrogen) atoms. The lowest BCUT2D eigenvalue weighted by atomic mass is 9.44. The van der Waals surface area contributed by atoms with Crippen LogP contribution in [0.3, 0.4) is 0 Å². The number of aliphatic hydroxyl groups is 3. The van der Waals surface area contributed by atoms with Crippen molar-refractivity contribution in [2.75, 3.05) is 6.61 Å². The van der Waals surface area contributed by atoms with Gasteiger partial charge in [0.2, 0.25) is 0 Å². The molecule has 0 aromatic rings. The summed E-state index contributed by atoms with van der Waals surface area (Å²) in [6.45, 7) is 4.31. The molecule has 4 saturated carbocycles. The first kappa shape index (κ1) is 17.9. The van der Waals surface area contributed by atoms with Gasteiger partial charge in [0.25, 0.3) is 0 Å². The fourth-order valence-electron chi connectivity index (χ4n) is 7.85. The highest BCUT2D eigenvalue weighted by molar-refractivity contribution is 5.84. The molecule has 4 fully saturated rings. The number of carbonyl (C=O) groups is 1. The molecule has 142 valence electrons. The van der Waals surface area contributed by atoms with Gasteiger partial charge in [0, 0.05) is 12.3 Å².